The number of hydrogen-bond acceptors (Lipinski definition) is 3. The van der Waals surface area contributed by atoms with Gasteiger partial charge in [-0.2, -0.15) is 0 Å². The Bertz CT molecular complexity index is 222. The standard InChI is InChI=1S/C15H31N3/c1-3-17(4-2)12-13-18-11-5-6-15(18)14-7-9-16-10-8-14/h14-16H,3-13H2,1-2H3. The molecule has 3 nitrogen and oxygen atoms in total. The topological polar surface area (TPSA) is 18.5 Å². The Hall–Kier alpha value is -0.120. The van der Waals surface area contributed by atoms with E-state index in [-0.39, 0.29) is 0 Å². The lowest BCUT2D eigenvalue weighted by molar-refractivity contribution is 0.143. The molecule has 0 aromatic rings. The average molecular weight is 253 g/mol. The maximum Gasteiger partial charge on any atom is 0.0125 e. The van der Waals surface area contributed by atoms with E-state index in [1.807, 2.05) is 0 Å². The third kappa shape index (κ3) is 3.69. The highest BCUT2D eigenvalue weighted by Gasteiger charge is 2.31. The number of likely N-dealkylation sites (N-methyl/N-ethyl adjacent to an activating group) is 1. The van der Waals surface area contributed by atoms with Gasteiger partial charge in [0.25, 0.3) is 0 Å². The first kappa shape index (κ1) is 14.3. The summed E-state index contributed by atoms with van der Waals surface area (Å²) in [5.74, 6) is 0.963. The molecule has 3 heteroatoms. The average Bonchev–Trinajstić information content (AvgIpc) is 2.89. The lowest BCUT2D eigenvalue weighted by Crippen LogP contribution is -2.44. The number of piperidine rings is 1. The predicted molar refractivity (Wildman–Crippen MR) is 78.0 cm³/mol. The van der Waals surface area contributed by atoms with Crippen molar-refractivity contribution in [1.82, 2.24) is 15.1 Å². The van der Waals surface area contributed by atoms with Gasteiger partial charge in [-0.05, 0) is 64.3 Å². The maximum absolute atomic E-state index is 3.49. The van der Waals surface area contributed by atoms with Gasteiger partial charge in [-0.15, -0.1) is 0 Å². The molecule has 1 unspecified atom stereocenters. The van der Waals surface area contributed by atoms with Gasteiger partial charge in [-0.3, -0.25) is 4.90 Å². The summed E-state index contributed by atoms with van der Waals surface area (Å²) < 4.78 is 0. The number of hydrogen-bond donors (Lipinski definition) is 1. The third-order valence-electron chi connectivity index (χ3n) is 4.94. The van der Waals surface area contributed by atoms with E-state index in [2.05, 4.69) is 29.0 Å². The summed E-state index contributed by atoms with van der Waals surface area (Å²) in [7, 11) is 0. The van der Waals surface area contributed by atoms with Crippen molar-refractivity contribution in [2.45, 2.75) is 45.6 Å². The molecule has 2 aliphatic heterocycles. The van der Waals surface area contributed by atoms with E-state index in [4.69, 9.17) is 0 Å². The minimum atomic E-state index is 0.891. The van der Waals surface area contributed by atoms with Crippen molar-refractivity contribution in [3.05, 3.63) is 0 Å². The Morgan fingerprint density at radius 3 is 2.50 bits per heavy atom. The second-order valence-electron chi connectivity index (χ2n) is 5.86. The van der Waals surface area contributed by atoms with Gasteiger partial charge in [0.05, 0.1) is 0 Å². The zero-order valence-corrected chi connectivity index (χ0v) is 12.3. The summed E-state index contributed by atoms with van der Waals surface area (Å²) in [6, 6.07) is 0.891. The molecule has 1 N–H and O–H groups in total. The molecule has 2 saturated heterocycles. The van der Waals surface area contributed by atoms with Crippen LogP contribution in [0.25, 0.3) is 0 Å². The molecule has 0 saturated carbocycles. The highest BCUT2D eigenvalue weighted by molar-refractivity contribution is 4.87. The Morgan fingerprint density at radius 1 is 1.11 bits per heavy atom. The van der Waals surface area contributed by atoms with E-state index in [9.17, 15) is 0 Å². The van der Waals surface area contributed by atoms with Crippen molar-refractivity contribution in [2.24, 2.45) is 5.92 Å². The second-order valence-corrected chi connectivity index (χ2v) is 5.86. The summed E-state index contributed by atoms with van der Waals surface area (Å²) in [5.41, 5.74) is 0. The summed E-state index contributed by atoms with van der Waals surface area (Å²) in [5, 5.41) is 3.49. The van der Waals surface area contributed by atoms with Crippen LogP contribution in [-0.2, 0) is 0 Å². The molecule has 0 radical (unpaired) electrons. The van der Waals surface area contributed by atoms with Gasteiger partial charge >= 0.3 is 0 Å². The molecule has 2 aliphatic rings. The minimum absolute atomic E-state index is 0.891. The van der Waals surface area contributed by atoms with Crippen molar-refractivity contribution in [1.29, 1.82) is 0 Å². The van der Waals surface area contributed by atoms with Crippen LogP contribution >= 0.6 is 0 Å². The zero-order valence-electron chi connectivity index (χ0n) is 12.3. The van der Waals surface area contributed by atoms with E-state index < -0.39 is 0 Å². The van der Waals surface area contributed by atoms with Gasteiger partial charge in [0, 0.05) is 19.1 Å². The first-order valence-electron chi connectivity index (χ1n) is 8.02. The Labute approximate surface area is 113 Å². The molecule has 2 heterocycles. The number of nitrogens with one attached hydrogen (secondary N) is 1. The lowest BCUT2D eigenvalue weighted by atomic mass is 9.89. The fourth-order valence-corrected chi connectivity index (χ4v) is 3.70. The Balaban J connectivity index is 1.79. The molecule has 0 aromatic heterocycles. The molecular weight excluding hydrogens is 222 g/mol. The van der Waals surface area contributed by atoms with Crippen molar-refractivity contribution in [2.75, 3.05) is 45.8 Å². The van der Waals surface area contributed by atoms with Crippen molar-refractivity contribution in [3.63, 3.8) is 0 Å². The van der Waals surface area contributed by atoms with Crippen LogP contribution in [0.4, 0.5) is 0 Å². The van der Waals surface area contributed by atoms with Crippen LogP contribution in [0.1, 0.15) is 39.5 Å². The van der Waals surface area contributed by atoms with Gasteiger partial charge in [0.15, 0.2) is 0 Å². The molecule has 2 rings (SSSR count). The van der Waals surface area contributed by atoms with Crippen LogP contribution in [0.3, 0.4) is 0 Å². The fraction of sp³-hybridized carbons (Fsp3) is 1.00. The van der Waals surface area contributed by atoms with E-state index >= 15 is 0 Å². The van der Waals surface area contributed by atoms with Crippen molar-refractivity contribution in [3.8, 4) is 0 Å². The van der Waals surface area contributed by atoms with Crippen LogP contribution in [0, 0.1) is 5.92 Å². The Kier molecular flexibility index (Phi) is 5.93. The minimum Gasteiger partial charge on any atom is -0.317 e. The smallest absolute Gasteiger partial charge is 0.0125 e. The van der Waals surface area contributed by atoms with Gasteiger partial charge in [0.2, 0.25) is 0 Å². The van der Waals surface area contributed by atoms with E-state index in [0.29, 0.717) is 0 Å². The van der Waals surface area contributed by atoms with Crippen LogP contribution in [0.5, 0.6) is 0 Å². The molecule has 1 atom stereocenters. The molecule has 0 spiro atoms. The molecule has 0 aromatic carbocycles. The molecule has 0 bridgehead atoms. The lowest BCUT2D eigenvalue weighted by Gasteiger charge is -2.35. The summed E-state index contributed by atoms with van der Waals surface area (Å²) in [6.45, 7) is 13.3. The highest BCUT2D eigenvalue weighted by Crippen LogP contribution is 2.29. The van der Waals surface area contributed by atoms with E-state index in [1.54, 1.807) is 0 Å². The molecule has 2 fully saturated rings. The number of nitrogens with zero attached hydrogens (tertiary/aromatic N) is 2. The molecule has 0 amide bonds. The number of rotatable bonds is 6. The summed E-state index contributed by atoms with van der Waals surface area (Å²) in [6.07, 6.45) is 5.66. The first-order valence-corrected chi connectivity index (χ1v) is 8.02. The van der Waals surface area contributed by atoms with Crippen molar-refractivity contribution < 1.29 is 0 Å². The van der Waals surface area contributed by atoms with Crippen LogP contribution in [-0.4, -0.2) is 61.7 Å². The van der Waals surface area contributed by atoms with Crippen LogP contribution in [0.2, 0.25) is 0 Å². The monoisotopic (exact) mass is 253 g/mol. The zero-order chi connectivity index (χ0) is 12.8. The first-order chi connectivity index (χ1) is 8.85. The van der Waals surface area contributed by atoms with Gasteiger partial charge in [-0.25, -0.2) is 0 Å². The molecule has 18 heavy (non-hydrogen) atoms. The highest BCUT2D eigenvalue weighted by atomic mass is 15.2. The quantitative estimate of drug-likeness (QED) is 0.778. The molecule has 0 aliphatic carbocycles. The Morgan fingerprint density at radius 2 is 1.83 bits per heavy atom. The summed E-state index contributed by atoms with van der Waals surface area (Å²) in [4.78, 5) is 5.34. The van der Waals surface area contributed by atoms with Gasteiger partial charge in [0.1, 0.15) is 0 Å². The van der Waals surface area contributed by atoms with Gasteiger partial charge in [-0.1, -0.05) is 13.8 Å². The van der Waals surface area contributed by atoms with Crippen LogP contribution in [0.15, 0.2) is 0 Å². The number of likely N-dealkylation sites (tertiary alicyclic amines) is 1. The normalized spacial score (nSPS) is 27.2. The van der Waals surface area contributed by atoms with Crippen molar-refractivity contribution >= 4 is 0 Å². The molecular formula is C15H31N3. The van der Waals surface area contributed by atoms with E-state index in [1.165, 1.54) is 71.5 Å². The van der Waals surface area contributed by atoms with Crippen LogP contribution < -0.4 is 5.32 Å². The largest absolute Gasteiger partial charge is 0.317 e. The third-order valence-corrected chi connectivity index (χ3v) is 4.94. The second kappa shape index (κ2) is 7.46. The fourth-order valence-electron chi connectivity index (χ4n) is 3.70. The summed E-state index contributed by atoms with van der Waals surface area (Å²) >= 11 is 0. The van der Waals surface area contributed by atoms with E-state index in [0.717, 1.165) is 12.0 Å². The predicted octanol–water partition coefficient (Wildman–Crippen LogP) is 1.79. The molecule has 106 valence electrons. The SMILES string of the molecule is CCN(CC)CCN1CCCC1C1CCNCC1. The maximum atomic E-state index is 3.49. The van der Waals surface area contributed by atoms with Gasteiger partial charge < -0.3 is 10.2 Å².